The van der Waals surface area contributed by atoms with Crippen molar-refractivity contribution in [3.05, 3.63) is 88.0 Å². The normalized spacial score (nSPS) is 17.2. The Kier molecular flexibility index (Phi) is 17.4. The zero-order chi connectivity index (χ0) is 44.5. The fraction of sp³-hybridized carbons (Fsp3) is 0.655. The number of carbonyl (C=O) groups is 1. The summed E-state index contributed by atoms with van der Waals surface area (Å²) in [7, 11) is 3.62. The smallest absolute Gasteiger partial charge is 0.243 e. The van der Waals surface area contributed by atoms with Gasteiger partial charge in [-0.2, -0.15) is 0 Å². The van der Waals surface area contributed by atoms with E-state index in [1.54, 1.807) is 0 Å². The lowest BCUT2D eigenvalue weighted by molar-refractivity contribution is -0.116. The number of anilines is 1. The number of nitrogens with zero attached hydrogens (tertiary/aromatic N) is 1. The number of methoxy groups -OCH3 is 2. The summed E-state index contributed by atoms with van der Waals surface area (Å²) in [4.78, 5) is 17.2. The van der Waals surface area contributed by atoms with Crippen LogP contribution in [0.15, 0.2) is 54.6 Å². The zero-order valence-corrected chi connectivity index (χ0v) is 41.0. The van der Waals surface area contributed by atoms with Crippen LogP contribution in [0, 0.1) is 0 Å². The number of carbonyl (C=O) groups excluding carboxylic acids is 1. The molecule has 5 nitrogen and oxygen atoms in total. The Morgan fingerprint density at radius 2 is 0.917 bits per heavy atom. The number of hydrogen-bond donors (Lipinski definition) is 1. The molecule has 0 saturated carbocycles. The van der Waals surface area contributed by atoms with Crippen molar-refractivity contribution in [1.29, 1.82) is 0 Å². The number of para-hydroxylation sites is 1. The summed E-state index contributed by atoms with van der Waals surface area (Å²) in [5.74, 6) is 2.00. The van der Waals surface area contributed by atoms with Crippen LogP contribution in [0.25, 0.3) is 0 Å². The summed E-state index contributed by atoms with van der Waals surface area (Å²) < 4.78 is 12.6. The first-order chi connectivity index (χ1) is 28.1. The van der Waals surface area contributed by atoms with Gasteiger partial charge in [0.2, 0.25) is 5.91 Å². The van der Waals surface area contributed by atoms with E-state index < -0.39 is 0 Å². The van der Waals surface area contributed by atoms with Gasteiger partial charge in [-0.1, -0.05) is 192 Å². The quantitative estimate of drug-likeness (QED) is 0.0859. The highest BCUT2D eigenvalue weighted by Gasteiger charge is 2.56. The molecule has 0 aliphatic carbocycles. The van der Waals surface area contributed by atoms with Crippen molar-refractivity contribution in [1.82, 2.24) is 4.90 Å². The maximum absolute atomic E-state index is 14.6. The molecule has 1 amide bonds. The Morgan fingerprint density at radius 1 is 0.567 bits per heavy atom. The predicted molar refractivity (Wildman–Crippen MR) is 257 cm³/mol. The molecule has 1 unspecified atom stereocenters. The van der Waals surface area contributed by atoms with Gasteiger partial charge in [-0.25, -0.2) is 0 Å². The van der Waals surface area contributed by atoms with Gasteiger partial charge >= 0.3 is 0 Å². The van der Waals surface area contributed by atoms with E-state index in [-0.39, 0.29) is 45.7 Å². The Labute approximate surface area is 368 Å². The number of rotatable bonds is 21. The molecule has 1 saturated heterocycles. The zero-order valence-electron chi connectivity index (χ0n) is 41.0. The van der Waals surface area contributed by atoms with Crippen LogP contribution < -0.4 is 14.8 Å². The predicted octanol–water partition coefficient (Wildman–Crippen LogP) is 15.2. The molecule has 334 valence electrons. The lowest BCUT2D eigenvalue weighted by Crippen LogP contribution is -2.26. The molecule has 1 fully saturated rings. The van der Waals surface area contributed by atoms with Crippen LogP contribution in [0.1, 0.15) is 219 Å². The van der Waals surface area contributed by atoms with Gasteiger partial charge in [-0.15, -0.1) is 0 Å². The number of nitrogens with one attached hydrogen (secondary N) is 1. The van der Waals surface area contributed by atoms with Gasteiger partial charge in [0, 0.05) is 34.0 Å². The summed E-state index contributed by atoms with van der Waals surface area (Å²) >= 11 is 0. The van der Waals surface area contributed by atoms with Crippen LogP contribution in [0.2, 0.25) is 0 Å². The van der Waals surface area contributed by atoms with E-state index in [1.165, 1.54) is 110 Å². The molecule has 60 heavy (non-hydrogen) atoms. The molecule has 0 bridgehead atoms. The fourth-order valence-corrected chi connectivity index (χ4v) is 9.20. The molecule has 1 aliphatic heterocycles. The van der Waals surface area contributed by atoms with E-state index in [4.69, 9.17) is 9.47 Å². The number of benzene rings is 3. The number of ether oxygens (including phenoxy) is 2. The average Bonchev–Trinajstić information content (AvgIpc) is 3.88. The molecule has 1 N–H and O–H groups in total. The van der Waals surface area contributed by atoms with E-state index in [0.29, 0.717) is 0 Å². The van der Waals surface area contributed by atoms with Crippen molar-refractivity contribution >= 4 is 11.6 Å². The average molecular weight is 823 g/mol. The first kappa shape index (κ1) is 49.3. The van der Waals surface area contributed by atoms with Crippen molar-refractivity contribution in [2.45, 2.75) is 220 Å². The SMILES string of the molecule is CCCCCCCCCCCCCCC[C@H]1[C@H](C(=O)Nc2ccccc2)N1C(c1cc(C(C)(C)C)c(OC)c(C(C)(C)C)c1)c1cc(C(C)(C)C)c(OC)c(C(C)(C)C)c1. The second kappa shape index (κ2) is 21.2. The van der Waals surface area contributed by atoms with Gasteiger partial charge in [0.15, 0.2) is 0 Å². The molecule has 0 spiro atoms. The van der Waals surface area contributed by atoms with E-state index in [0.717, 1.165) is 30.0 Å². The van der Waals surface area contributed by atoms with E-state index >= 15 is 0 Å². The van der Waals surface area contributed by atoms with Crippen molar-refractivity contribution in [2.75, 3.05) is 19.5 Å². The largest absolute Gasteiger partial charge is 0.496 e. The number of amides is 1. The lowest BCUT2D eigenvalue weighted by atomic mass is 9.75. The Morgan fingerprint density at radius 3 is 1.25 bits per heavy atom. The first-order valence-corrected chi connectivity index (χ1v) is 23.7. The molecule has 0 aromatic heterocycles. The van der Waals surface area contributed by atoms with Crippen molar-refractivity contribution < 1.29 is 14.3 Å². The minimum atomic E-state index is -0.260. The molecule has 3 aromatic carbocycles. The van der Waals surface area contributed by atoms with Gasteiger partial charge in [-0.3, -0.25) is 9.69 Å². The molecular weight excluding hydrogens is 737 g/mol. The minimum Gasteiger partial charge on any atom is -0.496 e. The highest BCUT2D eigenvalue weighted by molar-refractivity contribution is 5.97. The fourth-order valence-electron chi connectivity index (χ4n) is 9.20. The summed E-state index contributed by atoms with van der Waals surface area (Å²) in [6.07, 6.45) is 18.2. The third kappa shape index (κ3) is 13.1. The van der Waals surface area contributed by atoms with Crippen LogP contribution in [-0.2, 0) is 26.5 Å². The van der Waals surface area contributed by atoms with Crippen LogP contribution in [0.5, 0.6) is 11.5 Å². The standard InChI is InChI=1S/C55H86N2O3/c1-16-17-18-19-20-21-22-23-24-25-26-27-31-34-46-48(51(58)56-41-32-29-28-30-33-41)57(46)47(39-35-42(52(2,3)4)49(59-14)43(36-39)53(5,6)7)40-37-44(54(8,9)10)50(60-15)45(38-40)55(11,12)13/h28-30,32-33,35-38,46-48H,16-27,31,34H2,1-15H3,(H,56,58)/t46-,48+,57?/m0/s1. The van der Waals surface area contributed by atoms with Crippen molar-refractivity contribution in [3.63, 3.8) is 0 Å². The highest BCUT2D eigenvalue weighted by atomic mass is 16.5. The molecule has 0 radical (unpaired) electrons. The third-order valence-corrected chi connectivity index (χ3v) is 12.7. The van der Waals surface area contributed by atoms with E-state index in [2.05, 4.69) is 124 Å². The Balaban J connectivity index is 1.79. The van der Waals surface area contributed by atoms with Crippen molar-refractivity contribution in [2.24, 2.45) is 0 Å². The second-order valence-electron chi connectivity index (χ2n) is 22.0. The molecule has 1 heterocycles. The van der Waals surface area contributed by atoms with E-state index in [9.17, 15) is 4.79 Å². The summed E-state index contributed by atoms with van der Waals surface area (Å²) in [5, 5.41) is 3.33. The Bertz CT molecular complexity index is 1650. The molecule has 3 atom stereocenters. The maximum Gasteiger partial charge on any atom is 0.243 e. The van der Waals surface area contributed by atoms with Gasteiger partial charge < -0.3 is 14.8 Å². The molecule has 5 heteroatoms. The minimum absolute atomic E-state index is 0.0760. The van der Waals surface area contributed by atoms with Crippen LogP contribution in [-0.4, -0.2) is 37.1 Å². The lowest BCUT2D eigenvalue weighted by Gasteiger charge is -2.34. The number of hydrogen-bond acceptors (Lipinski definition) is 4. The van der Waals surface area contributed by atoms with E-state index in [1.807, 2.05) is 44.6 Å². The maximum atomic E-state index is 14.6. The van der Waals surface area contributed by atoms with Crippen LogP contribution in [0.3, 0.4) is 0 Å². The monoisotopic (exact) mass is 823 g/mol. The molecule has 1 aliphatic rings. The van der Waals surface area contributed by atoms with Gasteiger partial charge in [0.05, 0.1) is 20.3 Å². The van der Waals surface area contributed by atoms with Crippen molar-refractivity contribution in [3.8, 4) is 11.5 Å². The summed E-state index contributed by atoms with van der Waals surface area (Å²) in [6.45, 7) is 29.7. The van der Waals surface area contributed by atoms with Gasteiger partial charge in [-0.05, 0) is 75.6 Å². The molecular formula is C55H86N2O3. The first-order valence-electron chi connectivity index (χ1n) is 23.7. The third-order valence-electron chi connectivity index (χ3n) is 12.7. The van der Waals surface area contributed by atoms with Crippen LogP contribution in [0.4, 0.5) is 5.69 Å². The summed E-state index contributed by atoms with van der Waals surface area (Å²) in [5.41, 5.74) is 7.35. The number of unbranched alkanes of at least 4 members (excludes halogenated alkanes) is 12. The van der Waals surface area contributed by atoms with Gasteiger partial charge in [0.1, 0.15) is 17.5 Å². The molecule has 4 rings (SSSR count). The Hall–Kier alpha value is -3.31. The topological polar surface area (TPSA) is 50.6 Å². The van der Waals surface area contributed by atoms with Crippen LogP contribution >= 0.6 is 0 Å². The summed E-state index contributed by atoms with van der Waals surface area (Å²) in [6, 6.07) is 19.2. The molecule has 3 aromatic rings. The van der Waals surface area contributed by atoms with Gasteiger partial charge in [0.25, 0.3) is 0 Å². The highest BCUT2D eigenvalue weighted by Crippen LogP contribution is 2.51. The second-order valence-corrected chi connectivity index (χ2v) is 22.0.